The Labute approximate surface area is 116 Å². The first kappa shape index (κ1) is 14.3. The second-order valence-electron chi connectivity index (χ2n) is 3.55. The molecule has 0 aromatic heterocycles. The Hall–Kier alpha value is -0.750. The number of hydrogen-bond acceptors (Lipinski definition) is 3. The molecule has 94 valence electrons. The largest absolute Gasteiger partial charge is 0.494 e. The number of hydrogen-bond donors (Lipinski definition) is 1. The Balaban J connectivity index is 3.45. The van der Waals surface area contributed by atoms with Crippen LogP contribution in [0.4, 0.5) is 0 Å². The third-order valence-corrected chi connectivity index (χ3v) is 3.23. The van der Waals surface area contributed by atoms with Crippen LogP contribution in [0.1, 0.15) is 24.2 Å². The van der Waals surface area contributed by atoms with Crippen molar-refractivity contribution in [1.29, 1.82) is 0 Å². The molecule has 0 unspecified atom stereocenters. The van der Waals surface area contributed by atoms with E-state index in [9.17, 15) is 4.79 Å². The molecule has 0 saturated carbocycles. The molecule has 0 fully saturated rings. The first-order chi connectivity index (χ1) is 7.88. The highest BCUT2D eigenvalue weighted by Crippen LogP contribution is 2.43. The number of halogens is 2. The highest BCUT2D eigenvalue weighted by Gasteiger charge is 2.22. The smallest absolute Gasteiger partial charge is 0.339 e. The summed E-state index contributed by atoms with van der Waals surface area (Å²) in [6, 6.07) is 1.46. The lowest BCUT2D eigenvalue weighted by atomic mass is 10.2. The third kappa shape index (κ3) is 3.13. The van der Waals surface area contributed by atoms with Gasteiger partial charge in [-0.25, -0.2) is 4.79 Å². The highest BCUT2D eigenvalue weighted by molar-refractivity contribution is 9.11. The zero-order chi connectivity index (χ0) is 13.2. The number of aromatic carboxylic acids is 1. The number of carboxylic acid groups (broad SMARTS) is 1. The van der Waals surface area contributed by atoms with Crippen LogP contribution in [0, 0.1) is 0 Å². The van der Waals surface area contributed by atoms with Gasteiger partial charge >= 0.3 is 5.97 Å². The van der Waals surface area contributed by atoms with Crippen molar-refractivity contribution >= 4 is 37.8 Å². The summed E-state index contributed by atoms with van der Waals surface area (Å²) >= 11 is 6.55. The minimum Gasteiger partial charge on any atom is -0.494 e. The number of methoxy groups -OCH3 is 1. The summed E-state index contributed by atoms with van der Waals surface area (Å²) in [5, 5.41) is 9.13. The standard InChI is InChI=1S/C11H12Br2O4/c1-5(2)17-9-6(11(14)15)4-7(12)10(16-3)8(9)13/h4-5H,1-3H3,(H,14,15). The normalized spacial score (nSPS) is 10.5. The van der Waals surface area contributed by atoms with Gasteiger partial charge in [-0.3, -0.25) is 0 Å². The van der Waals surface area contributed by atoms with Gasteiger partial charge in [0.2, 0.25) is 0 Å². The van der Waals surface area contributed by atoms with E-state index in [0.29, 0.717) is 14.7 Å². The fourth-order valence-electron chi connectivity index (χ4n) is 1.28. The van der Waals surface area contributed by atoms with E-state index in [0.717, 1.165) is 0 Å². The van der Waals surface area contributed by atoms with Crippen molar-refractivity contribution in [3.05, 3.63) is 20.6 Å². The molecule has 0 aliphatic heterocycles. The lowest BCUT2D eigenvalue weighted by Crippen LogP contribution is -2.11. The van der Waals surface area contributed by atoms with Crippen LogP contribution in [0.2, 0.25) is 0 Å². The first-order valence-corrected chi connectivity index (χ1v) is 6.43. The maximum Gasteiger partial charge on any atom is 0.339 e. The molecule has 0 atom stereocenters. The van der Waals surface area contributed by atoms with Gasteiger partial charge in [0.1, 0.15) is 10.0 Å². The van der Waals surface area contributed by atoms with Gasteiger partial charge in [-0.05, 0) is 51.8 Å². The van der Waals surface area contributed by atoms with E-state index in [-0.39, 0.29) is 17.4 Å². The van der Waals surface area contributed by atoms with E-state index in [4.69, 9.17) is 14.6 Å². The van der Waals surface area contributed by atoms with Gasteiger partial charge < -0.3 is 14.6 Å². The van der Waals surface area contributed by atoms with Crippen molar-refractivity contribution in [1.82, 2.24) is 0 Å². The van der Waals surface area contributed by atoms with Gasteiger partial charge in [-0.15, -0.1) is 0 Å². The van der Waals surface area contributed by atoms with E-state index in [1.165, 1.54) is 13.2 Å². The molecule has 0 aliphatic rings. The van der Waals surface area contributed by atoms with Crippen LogP contribution < -0.4 is 9.47 Å². The number of rotatable bonds is 4. The third-order valence-electron chi connectivity index (χ3n) is 1.92. The fraction of sp³-hybridized carbons (Fsp3) is 0.364. The molecular weight excluding hydrogens is 356 g/mol. The summed E-state index contributed by atoms with van der Waals surface area (Å²) in [4.78, 5) is 11.1. The molecule has 1 aromatic carbocycles. The SMILES string of the molecule is COc1c(Br)cc(C(=O)O)c(OC(C)C)c1Br. The average Bonchev–Trinajstić information content (AvgIpc) is 2.21. The van der Waals surface area contributed by atoms with Gasteiger partial charge in [-0.2, -0.15) is 0 Å². The molecule has 0 saturated heterocycles. The Kier molecular flexibility index (Phi) is 4.82. The lowest BCUT2D eigenvalue weighted by Gasteiger charge is -2.17. The van der Waals surface area contributed by atoms with Gasteiger partial charge in [0.15, 0.2) is 11.5 Å². The maximum atomic E-state index is 11.1. The summed E-state index contributed by atoms with van der Waals surface area (Å²) < 4.78 is 11.7. The summed E-state index contributed by atoms with van der Waals surface area (Å²) in [6.45, 7) is 3.65. The molecule has 0 spiro atoms. The van der Waals surface area contributed by atoms with Crippen LogP contribution in [0.5, 0.6) is 11.5 Å². The Morgan fingerprint density at radius 2 is 1.94 bits per heavy atom. The van der Waals surface area contributed by atoms with Gasteiger partial charge in [0.25, 0.3) is 0 Å². The average molecular weight is 368 g/mol. The number of benzene rings is 1. The van der Waals surface area contributed by atoms with Crippen LogP contribution in [0.25, 0.3) is 0 Å². The molecular formula is C11H12Br2O4. The molecule has 0 radical (unpaired) electrons. The monoisotopic (exact) mass is 366 g/mol. The lowest BCUT2D eigenvalue weighted by molar-refractivity contribution is 0.0690. The van der Waals surface area contributed by atoms with Gasteiger partial charge in [0.05, 0.1) is 17.7 Å². The number of carbonyl (C=O) groups is 1. The molecule has 1 N–H and O–H groups in total. The van der Waals surface area contributed by atoms with E-state index in [1.54, 1.807) is 0 Å². The maximum absolute atomic E-state index is 11.1. The van der Waals surface area contributed by atoms with Crippen LogP contribution in [-0.4, -0.2) is 24.3 Å². The summed E-state index contributed by atoms with van der Waals surface area (Å²) in [7, 11) is 1.50. The van der Waals surface area contributed by atoms with Crippen molar-refractivity contribution < 1.29 is 19.4 Å². The van der Waals surface area contributed by atoms with Gasteiger partial charge in [0, 0.05) is 0 Å². The van der Waals surface area contributed by atoms with E-state index in [2.05, 4.69) is 31.9 Å². The number of carboxylic acids is 1. The fourth-order valence-corrected chi connectivity index (χ4v) is 2.82. The van der Waals surface area contributed by atoms with E-state index < -0.39 is 5.97 Å². The molecule has 0 heterocycles. The van der Waals surface area contributed by atoms with Crippen LogP contribution in [-0.2, 0) is 0 Å². The molecule has 1 rings (SSSR count). The zero-order valence-electron chi connectivity index (χ0n) is 9.58. The molecule has 0 amide bonds. The second-order valence-corrected chi connectivity index (χ2v) is 5.20. The van der Waals surface area contributed by atoms with Gasteiger partial charge in [-0.1, -0.05) is 0 Å². The zero-order valence-corrected chi connectivity index (χ0v) is 12.8. The van der Waals surface area contributed by atoms with Crippen LogP contribution in [0.15, 0.2) is 15.0 Å². The summed E-state index contributed by atoms with van der Waals surface area (Å²) in [5.74, 6) is -0.275. The Bertz CT molecular complexity index is 444. The molecule has 4 nitrogen and oxygen atoms in total. The highest BCUT2D eigenvalue weighted by atomic mass is 79.9. The topological polar surface area (TPSA) is 55.8 Å². The van der Waals surface area contributed by atoms with Crippen molar-refractivity contribution in [3.63, 3.8) is 0 Å². The minimum atomic E-state index is -1.05. The molecule has 17 heavy (non-hydrogen) atoms. The predicted octanol–water partition coefficient (Wildman–Crippen LogP) is 3.71. The van der Waals surface area contributed by atoms with Crippen molar-refractivity contribution in [2.24, 2.45) is 0 Å². The van der Waals surface area contributed by atoms with Crippen LogP contribution >= 0.6 is 31.9 Å². The second kappa shape index (κ2) is 5.73. The van der Waals surface area contributed by atoms with Crippen molar-refractivity contribution in [3.8, 4) is 11.5 Å². The molecule has 6 heteroatoms. The van der Waals surface area contributed by atoms with E-state index >= 15 is 0 Å². The molecule has 0 bridgehead atoms. The van der Waals surface area contributed by atoms with Crippen LogP contribution in [0.3, 0.4) is 0 Å². The molecule has 0 aliphatic carbocycles. The van der Waals surface area contributed by atoms with E-state index in [1.807, 2.05) is 13.8 Å². The predicted molar refractivity (Wildman–Crippen MR) is 71.1 cm³/mol. The Morgan fingerprint density at radius 1 is 1.35 bits per heavy atom. The Morgan fingerprint density at radius 3 is 2.35 bits per heavy atom. The summed E-state index contributed by atoms with van der Waals surface area (Å²) in [6.07, 6.45) is -0.129. The van der Waals surface area contributed by atoms with Crippen molar-refractivity contribution in [2.75, 3.05) is 7.11 Å². The minimum absolute atomic E-state index is 0.0817. The summed E-state index contributed by atoms with van der Waals surface area (Å²) in [5.41, 5.74) is 0.0817. The quantitative estimate of drug-likeness (QED) is 0.881. The van der Waals surface area contributed by atoms with Crippen molar-refractivity contribution in [2.45, 2.75) is 20.0 Å². The first-order valence-electron chi connectivity index (χ1n) is 4.84. The molecule has 1 aromatic rings. The number of ether oxygens (including phenoxy) is 2.